The summed E-state index contributed by atoms with van der Waals surface area (Å²) in [6.07, 6.45) is -0.0731. The summed E-state index contributed by atoms with van der Waals surface area (Å²) in [6.45, 7) is 4.47. The number of hydrogen-bond acceptors (Lipinski definition) is 6. The summed E-state index contributed by atoms with van der Waals surface area (Å²) in [4.78, 5) is 32.1. The van der Waals surface area contributed by atoms with Gasteiger partial charge in [0, 0.05) is 36.6 Å². The molecular formula is C19H22ClN3O4S. The molecule has 2 heterocycles. The van der Waals surface area contributed by atoms with Gasteiger partial charge in [-0.3, -0.25) is 4.79 Å². The number of carbonyl (C=O) groups is 2. The quantitative estimate of drug-likeness (QED) is 0.713. The Kier molecular flexibility index (Phi) is 7.11. The standard InChI is InChI=1S/C19H22ClN3O4S/c1-2-26-19(25)23-9-7-22(8-10-23)18(24)11-15-13-28-17(21-15)12-27-16-5-3-14(20)4-6-16/h3-6,13H,2,7-12H2,1H3. The maximum atomic E-state index is 12.5. The number of piperazine rings is 1. The molecule has 3 rings (SSSR count). The summed E-state index contributed by atoms with van der Waals surface area (Å²) >= 11 is 7.32. The van der Waals surface area contributed by atoms with Crippen LogP contribution in [0.2, 0.25) is 5.02 Å². The Bertz CT molecular complexity index is 804. The summed E-state index contributed by atoms with van der Waals surface area (Å²) in [7, 11) is 0. The van der Waals surface area contributed by atoms with Crippen molar-refractivity contribution in [2.24, 2.45) is 0 Å². The van der Waals surface area contributed by atoms with Crippen LogP contribution in [0, 0.1) is 0 Å². The second-order valence-corrected chi connectivity index (χ2v) is 7.60. The highest BCUT2D eigenvalue weighted by Gasteiger charge is 2.25. The van der Waals surface area contributed by atoms with Crippen LogP contribution < -0.4 is 4.74 Å². The Hall–Kier alpha value is -2.32. The molecule has 1 saturated heterocycles. The first-order chi connectivity index (χ1) is 13.5. The molecule has 0 saturated carbocycles. The fraction of sp³-hybridized carbons (Fsp3) is 0.421. The van der Waals surface area contributed by atoms with Gasteiger partial charge >= 0.3 is 6.09 Å². The highest BCUT2D eigenvalue weighted by atomic mass is 35.5. The molecular weight excluding hydrogens is 402 g/mol. The van der Waals surface area contributed by atoms with E-state index in [0.717, 1.165) is 16.5 Å². The molecule has 0 bridgehead atoms. The van der Waals surface area contributed by atoms with Crippen LogP contribution in [-0.2, 0) is 22.6 Å². The number of ether oxygens (including phenoxy) is 2. The lowest BCUT2D eigenvalue weighted by Crippen LogP contribution is -2.51. The molecule has 0 spiro atoms. The molecule has 0 radical (unpaired) electrons. The third kappa shape index (κ3) is 5.59. The molecule has 1 aliphatic heterocycles. The lowest BCUT2D eigenvalue weighted by atomic mass is 10.2. The summed E-state index contributed by atoms with van der Waals surface area (Å²) in [5.74, 6) is 0.732. The van der Waals surface area contributed by atoms with Crippen molar-refractivity contribution in [2.75, 3.05) is 32.8 Å². The van der Waals surface area contributed by atoms with Crippen molar-refractivity contribution < 1.29 is 19.1 Å². The molecule has 0 N–H and O–H groups in total. The van der Waals surface area contributed by atoms with Gasteiger partial charge in [-0.15, -0.1) is 11.3 Å². The predicted molar refractivity (Wildman–Crippen MR) is 107 cm³/mol. The van der Waals surface area contributed by atoms with E-state index >= 15 is 0 Å². The number of halogens is 1. The van der Waals surface area contributed by atoms with Gasteiger partial charge in [-0.1, -0.05) is 11.6 Å². The first-order valence-corrected chi connectivity index (χ1v) is 10.3. The molecule has 1 fully saturated rings. The number of carbonyl (C=O) groups excluding carboxylic acids is 2. The molecule has 0 aliphatic carbocycles. The molecule has 2 amide bonds. The normalized spacial score (nSPS) is 14.1. The Balaban J connectivity index is 1.45. The monoisotopic (exact) mass is 423 g/mol. The SMILES string of the molecule is CCOC(=O)N1CCN(C(=O)Cc2csc(COc3ccc(Cl)cc3)n2)CC1. The molecule has 1 aromatic carbocycles. The van der Waals surface area contributed by atoms with Gasteiger partial charge in [0.2, 0.25) is 5.91 Å². The van der Waals surface area contributed by atoms with Gasteiger partial charge in [0.05, 0.1) is 18.7 Å². The van der Waals surface area contributed by atoms with Gasteiger partial charge in [-0.05, 0) is 31.2 Å². The second kappa shape index (κ2) is 9.75. The summed E-state index contributed by atoms with van der Waals surface area (Å²) in [5, 5.41) is 3.35. The van der Waals surface area contributed by atoms with Gasteiger partial charge in [-0.25, -0.2) is 9.78 Å². The Morgan fingerprint density at radius 2 is 1.82 bits per heavy atom. The maximum absolute atomic E-state index is 12.5. The van der Waals surface area contributed by atoms with E-state index in [2.05, 4.69) is 4.98 Å². The lowest BCUT2D eigenvalue weighted by Gasteiger charge is -2.34. The number of amides is 2. The molecule has 7 nitrogen and oxygen atoms in total. The minimum atomic E-state index is -0.320. The molecule has 2 aromatic rings. The van der Waals surface area contributed by atoms with Gasteiger partial charge in [0.25, 0.3) is 0 Å². The molecule has 0 unspecified atom stereocenters. The number of hydrogen-bond donors (Lipinski definition) is 0. The summed E-state index contributed by atoms with van der Waals surface area (Å²) in [5.41, 5.74) is 0.734. The van der Waals surface area contributed by atoms with E-state index in [1.54, 1.807) is 41.0 Å². The van der Waals surface area contributed by atoms with Crippen molar-refractivity contribution in [2.45, 2.75) is 20.0 Å². The number of benzene rings is 1. The van der Waals surface area contributed by atoms with Crippen LogP contribution in [-0.4, -0.2) is 59.6 Å². The zero-order valence-corrected chi connectivity index (χ0v) is 17.2. The zero-order chi connectivity index (χ0) is 19.9. The van der Waals surface area contributed by atoms with Crippen LogP contribution in [0.3, 0.4) is 0 Å². The van der Waals surface area contributed by atoms with Crippen LogP contribution in [0.1, 0.15) is 17.6 Å². The van der Waals surface area contributed by atoms with Crippen molar-refractivity contribution in [1.29, 1.82) is 0 Å². The average Bonchev–Trinajstić information content (AvgIpc) is 3.15. The van der Waals surface area contributed by atoms with Crippen molar-refractivity contribution in [3.05, 3.63) is 45.4 Å². The average molecular weight is 424 g/mol. The van der Waals surface area contributed by atoms with E-state index in [4.69, 9.17) is 21.1 Å². The van der Waals surface area contributed by atoms with Gasteiger partial charge in [-0.2, -0.15) is 0 Å². The van der Waals surface area contributed by atoms with Crippen LogP contribution in [0.5, 0.6) is 5.75 Å². The predicted octanol–water partition coefficient (Wildman–Crippen LogP) is 3.22. The number of aromatic nitrogens is 1. The Morgan fingerprint density at radius 1 is 1.14 bits per heavy atom. The summed E-state index contributed by atoms with van der Waals surface area (Å²) in [6, 6.07) is 7.14. The Labute approximate surface area is 172 Å². The first-order valence-electron chi connectivity index (χ1n) is 9.06. The third-order valence-corrected chi connectivity index (χ3v) is 5.39. The minimum absolute atomic E-state index is 0.0129. The van der Waals surface area contributed by atoms with Crippen molar-refractivity contribution in [3.63, 3.8) is 0 Å². The van der Waals surface area contributed by atoms with E-state index in [9.17, 15) is 9.59 Å². The van der Waals surface area contributed by atoms with E-state index < -0.39 is 0 Å². The van der Waals surface area contributed by atoms with E-state index in [1.165, 1.54) is 11.3 Å². The lowest BCUT2D eigenvalue weighted by molar-refractivity contribution is -0.132. The summed E-state index contributed by atoms with van der Waals surface area (Å²) < 4.78 is 10.7. The highest BCUT2D eigenvalue weighted by molar-refractivity contribution is 7.09. The third-order valence-electron chi connectivity index (χ3n) is 4.27. The fourth-order valence-corrected chi connectivity index (χ4v) is 3.62. The van der Waals surface area contributed by atoms with E-state index in [0.29, 0.717) is 44.4 Å². The fourth-order valence-electron chi connectivity index (χ4n) is 2.79. The number of nitrogens with zero attached hydrogens (tertiary/aromatic N) is 3. The number of rotatable bonds is 6. The zero-order valence-electron chi connectivity index (χ0n) is 15.6. The van der Waals surface area contributed by atoms with Crippen molar-refractivity contribution in [3.8, 4) is 5.75 Å². The largest absolute Gasteiger partial charge is 0.486 e. The first kappa shape index (κ1) is 20.4. The molecule has 28 heavy (non-hydrogen) atoms. The van der Waals surface area contributed by atoms with Crippen LogP contribution in [0.15, 0.2) is 29.6 Å². The molecule has 1 aliphatic rings. The number of thiazole rings is 1. The minimum Gasteiger partial charge on any atom is -0.486 e. The van der Waals surface area contributed by atoms with E-state index in [1.807, 2.05) is 5.38 Å². The van der Waals surface area contributed by atoms with Gasteiger partial charge < -0.3 is 19.3 Å². The van der Waals surface area contributed by atoms with Gasteiger partial charge in [0.15, 0.2) is 0 Å². The Morgan fingerprint density at radius 3 is 2.50 bits per heavy atom. The highest BCUT2D eigenvalue weighted by Crippen LogP contribution is 2.18. The van der Waals surface area contributed by atoms with Crippen LogP contribution in [0.4, 0.5) is 4.79 Å². The van der Waals surface area contributed by atoms with E-state index in [-0.39, 0.29) is 18.4 Å². The van der Waals surface area contributed by atoms with Crippen molar-refractivity contribution >= 4 is 34.9 Å². The van der Waals surface area contributed by atoms with Crippen LogP contribution in [0.25, 0.3) is 0 Å². The molecule has 9 heteroatoms. The van der Waals surface area contributed by atoms with Crippen molar-refractivity contribution in [1.82, 2.24) is 14.8 Å². The smallest absolute Gasteiger partial charge is 0.409 e. The van der Waals surface area contributed by atoms with Crippen LogP contribution >= 0.6 is 22.9 Å². The van der Waals surface area contributed by atoms with Gasteiger partial charge in [0.1, 0.15) is 17.4 Å². The molecule has 150 valence electrons. The molecule has 0 atom stereocenters. The topological polar surface area (TPSA) is 72.0 Å². The maximum Gasteiger partial charge on any atom is 0.409 e. The second-order valence-electron chi connectivity index (χ2n) is 6.22. The molecule has 1 aromatic heterocycles.